The average molecular weight is 248 g/mol. The first kappa shape index (κ1) is 14.0. The Morgan fingerprint density at radius 1 is 1.24 bits per heavy atom. The van der Waals surface area contributed by atoms with Crippen molar-refractivity contribution in [2.45, 2.75) is 38.9 Å². The Morgan fingerprint density at radius 2 is 1.82 bits per heavy atom. The van der Waals surface area contributed by atoms with Crippen LogP contribution < -0.4 is 9.92 Å². The zero-order chi connectivity index (χ0) is 13.1. The molecule has 0 heterocycles. The summed E-state index contributed by atoms with van der Waals surface area (Å²) in [6.07, 6.45) is 1.79. The minimum atomic E-state index is -1.53. The number of benzene rings is 1. The minimum absolute atomic E-state index is 0.320. The Hall–Kier alpha value is -1.02. The first-order valence-corrected chi connectivity index (χ1v) is 9.14. The number of para-hydroxylation sites is 1. The van der Waals surface area contributed by atoms with Crippen LogP contribution in [0.1, 0.15) is 20.8 Å². The number of hydrogen-bond acceptors (Lipinski definition) is 1. The van der Waals surface area contributed by atoms with E-state index in [1.165, 1.54) is 5.19 Å². The highest BCUT2D eigenvalue weighted by molar-refractivity contribution is 6.92. The zero-order valence-corrected chi connectivity index (χ0v) is 12.7. The number of rotatable bonds is 4. The van der Waals surface area contributed by atoms with Gasteiger partial charge in [-0.25, -0.2) is 0 Å². The fraction of sp³-hybridized carbons (Fsp3) is 0.467. The van der Waals surface area contributed by atoms with Gasteiger partial charge < -0.3 is 4.74 Å². The second kappa shape index (κ2) is 5.09. The molecule has 0 atom stereocenters. The molecule has 2 heteroatoms. The highest BCUT2D eigenvalue weighted by Gasteiger charge is 2.38. The molecule has 0 unspecified atom stereocenters. The SMILES string of the molecule is C=CCOc1ccccc1[Si](C)(C)C(C)(C)C. The van der Waals surface area contributed by atoms with Crippen molar-refractivity contribution in [2.24, 2.45) is 0 Å². The van der Waals surface area contributed by atoms with Crippen molar-refractivity contribution < 1.29 is 4.74 Å². The van der Waals surface area contributed by atoms with Crippen LogP contribution in [0.2, 0.25) is 18.1 Å². The number of ether oxygens (including phenoxy) is 1. The molecule has 1 rings (SSSR count). The summed E-state index contributed by atoms with van der Waals surface area (Å²) in [5.74, 6) is 1.03. The summed E-state index contributed by atoms with van der Waals surface area (Å²) in [5.41, 5.74) is 0. The van der Waals surface area contributed by atoms with Gasteiger partial charge in [0.1, 0.15) is 12.4 Å². The Kier molecular flexibility index (Phi) is 4.20. The monoisotopic (exact) mass is 248 g/mol. The molecule has 0 radical (unpaired) electrons. The van der Waals surface area contributed by atoms with Gasteiger partial charge in [-0.3, -0.25) is 0 Å². The molecule has 0 aromatic heterocycles. The van der Waals surface area contributed by atoms with E-state index in [-0.39, 0.29) is 0 Å². The van der Waals surface area contributed by atoms with Crippen LogP contribution in [0.25, 0.3) is 0 Å². The maximum atomic E-state index is 5.78. The predicted octanol–water partition coefficient (Wildman–Crippen LogP) is 3.97. The Morgan fingerprint density at radius 3 is 2.35 bits per heavy atom. The molecule has 0 aliphatic carbocycles. The van der Waals surface area contributed by atoms with E-state index in [2.05, 4.69) is 58.6 Å². The van der Waals surface area contributed by atoms with Crippen molar-refractivity contribution in [1.29, 1.82) is 0 Å². The molecule has 0 amide bonds. The minimum Gasteiger partial charge on any atom is -0.490 e. The maximum Gasteiger partial charge on any atom is 0.119 e. The van der Waals surface area contributed by atoms with Gasteiger partial charge in [-0.2, -0.15) is 0 Å². The van der Waals surface area contributed by atoms with E-state index < -0.39 is 8.07 Å². The summed E-state index contributed by atoms with van der Waals surface area (Å²) >= 11 is 0. The van der Waals surface area contributed by atoms with Gasteiger partial charge in [0.15, 0.2) is 0 Å². The fourth-order valence-corrected chi connectivity index (χ4v) is 3.75. The highest BCUT2D eigenvalue weighted by Crippen LogP contribution is 2.37. The second-order valence-corrected chi connectivity index (χ2v) is 11.3. The highest BCUT2D eigenvalue weighted by atomic mass is 28.3. The van der Waals surface area contributed by atoms with Crippen LogP contribution in [0, 0.1) is 0 Å². The predicted molar refractivity (Wildman–Crippen MR) is 79.0 cm³/mol. The lowest BCUT2D eigenvalue weighted by Crippen LogP contribution is -2.49. The summed E-state index contributed by atoms with van der Waals surface area (Å²) < 4.78 is 5.78. The fourth-order valence-electron chi connectivity index (χ4n) is 1.66. The summed E-state index contributed by atoms with van der Waals surface area (Å²) in [6.45, 7) is 16.1. The normalized spacial score (nSPS) is 12.3. The van der Waals surface area contributed by atoms with Crippen molar-refractivity contribution in [3.8, 4) is 5.75 Å². The molecule has 0 N–H and O–H groups in total. The van der Waals surface area contributed by atoms with E-state index in [4.69, 9.17) is 4.74 Å². The van der Waals surface area contributed by atoms with Gasteiger partial charge in [-0.1, -0.05) is 64.7 Å². The van der Waals surface area contributed by atoms with Crippen molar-refractivity contribution in [2.75, 3.05) is 6.61 Å². The third-order valence-corrected chi connectivity index (χ3v) is 9.30. The van der Waals surface area contributed by atoms with Gasteiger partial charge in [0.05, 0.1) is 8.07 Å². The Balaban J connectivity index is 3.16. The van der Waals surface area contributed by atoms with Gasteiger partial charge in [-0.15, -0.1) is 0 Å². The van der Waals surface area contributed by atoms with E-state index in [1.807, 2.05) is 6.07 Å². The van der Waals surface area contributed by atoms with E-state index in [1.54, 1.807) is 6.08 Å². The Labute approximate surface area is 107 Å². The van der Waals surface area contributed by atoms with Gasteiger partial charge in [-0.05, 0) is 16.3 Å². The lowest BCUT2D eigenvalue weighted by atomic mass is 10.2. The zero-order valence-electron chi connectivity index (χ0n) is 11.7. The smallest absolute Gasteiger partial charge is 0.119 e. The molecule has 0 saturated carbocycles. The average Bonchev–Trinajstić information content (AvgIpc) is 2.25. The molecule has 0 fully saturated rings. The summed E-state index contributed by atoms with van der Waals surface area (Å²) in [6, 6.07) is 8.43. The largest absolute Gasteiger partial charge is 0.490 e. The molecular formula is C15H24OSi. The van der Waals surface area contributed by atoms with Gasteiger partial charge in [0, 0.05) is 0 Å². The first-order valence-electron chi connectivity index (χ1n) is 6.14. The second-order valence-electron chi connectivity index (χ2n) is 5.97. The maximum absolute atomic E-state index is 5.78. The van der Waals surface area contributed by atoms with Crippen LogP contribution in [0.5, 0.6) is 5.75 Å². The molecule has 0 saturated heterocycles. The molecule has 1 aromatic carbocycles. The first-order chi connectivity index (χ1) is 7.80. The molecule has 0 aliphatic rings. The molecule has 94 valence electrons. The molecule has 0 spiro atoms. The van der Waals surface area contributed by atoms with E-state index in [0.717, 1.165) is 5.75 Å². The lowest BCUT2D eigenvalue weighted by Gasteiger charge is -2.38. The topological polar surface area (TPSA) is 9.23 Å². The van der Waals surface area contributed by atoms with E-state index in [9.17, 15) is 0 Å². The molecule has 0 aliphatic heterocycles. The molecule has 1 nitrogen and oxygen atoms in total. The van der Waals surface area contributed by atoms with Crippen molar-refractivity contribution in [3.63, 3.8) is 0 Å². The van der Waals surface area contributed by atoms with Crippen molar-refractivity contribution in [1.82, 2.24) is 0 Å². The third-order valence-electron chi connectivity index (χ3n) is 3.79. The van der Waals surface area contributed by atoms with Crippen LogP contribution in [0.4, 0.5) is 0 Å². The quantitative estimate of drug-likeness (QED) is 0.579. The standard InChI is InChI=1S/C15H24OSi/c1-7-12-16-13-10-8-9-11-14(13)17(5,6)15(2,3)4/h7-11H,1,12H2,2-6H3. The lowest BCUT2D eigenvalue weighted by molar-refractivity contribution is 0.365. The van der Waals surface area contributed by atoms with E-state index >= 15 is 0 Å². The molecule has 1 aromatic rings. The van der Waals surface area contributed by atoms with Crippen molar-refractivity contribution >= 4 is 13.3 Å². The van der Waals surface area contributed by atoms with Gasteiger partial charge in [0.25, 0.3) is 0 Å². The van der Waals surface area contributed by atoms with Crippen LogP contribution in [-0.4, -0.2) is 14.7 Å². The third kappa shape index (κ3) is 3.00. The summed E-state index contributed by atoms with van der Waals surface area (Å²) in [5, 5.41) is 1.72. The number of hydrogen-bond donors (Lipinski definition) is 0. The van der Waals surface area contributed by atoms with Crippen molar-refractivity contribution in [3.05, 3.63) is 36.9 Å². The van der Waals surface area contributed by atoms with Crippen LogP contribution in [-0.2, 0) is 0 Å². The Bertz CT molecular complexity index is 388. The molecule has 17 heavy (non-hydrogen) atoms. The van der Waals surface area contributed by atoms with Crippen LogP contribution in [0.3, 0.4) is 0 Å². The van der Waals surface area contributed by atoms with Crippen LogP contribution >= 0.6 is 0 Å². The molecule has 0 bridgehead atoms. The summed E-state index contributed by atoms with van der Waals surface area (Å²) in [4.78, 5) is 0. The summed E-state index contributed by atoms with van der Waals surface area (Å²) in [7, 11) is -1.53. The van der Waals surface area contributed by atoms with E-state index in [0.29, 0.717) is 11.6 Å². The van der Waals surface area contributed by atoms with Gasteiger partial charge in [0.2, 0.25) is 0 Å². The van der Waals surface area contributed by atoms with Gasteiger partial charge >= 0.3 is 0 Å². The van der Waals surface area contributed by atoms with Crippen LogP contribution in [0.15, 0.2) is 36.9 Å². The molecular weight excluding hydrogens is 224 g/mol.